The lowest BCUT2D eigenvalue weighted by Crippen LogP contribution is -2.05. The van der Waals surface area contributed by atoms with Crippen LogP contribution < -0.4 is 5.73 Å². The highest BCUT2D eigenvalue weighted by atomic mass is 16.3. The number of hydrogen-bond donors (Lipinski definition) is 1. The van der Waals surface area contributed by atoms with Crippen molar-refractivity contribution >= 4 is 0 Å². The monoisotopic (exact) mass is 164 g/mol. The lowest BCUT2D eigenvalue weighted by molar-refractivity contribution is 0.485. The van der Waals surface area contributed by atoms with Crippen molar-refractivity contribution in [3.63, 3.8) is 0 Å². The maximum Gasteiger partial charge on any atom is 0.121 e. The van der Waals surface area contributed by atoms with Gasteiger partial charge in [0.25, 0.3) is 0 Å². The molecular formula is C9H12N2O. The van der Waals surface area contributed by atoms with E-state index in [0.717, 1.165) is 11.3 Å². The maximum absolute atomic E-state index is 8.52. The summed E-state index contributed by atoms with van der Waals surface area (Å²) in [6, 6.07) is 3.21. The zero-order chi connectivity index (χ0) is 9.14. The molecule has 3 heteroatoms. The summed E-state index contributed by atoms with van der Waals surface area (Å²) in [4.78, 5) is 0. The number of nitrogens with zero attached hydrogens (tertiary/aromatic N) is 1. The molecule has 0 amide bonds. The van der Waals surface area contributed by atoms with Crippen LogP contribution in [0.2, 0.25) is 0 Å². The fourth-order valence-corrected chi connectivity index (χ4v) is 0.909. The average molecular weight is 164 g/mol. The number of furan rings is 1. The minimum atomic E-state index is -0.568. The number of nitrogens with two attached hydrogens (primary N) is 1. The Morgan fingerprint density at radius 3 is 2.67 bits per heavy atom. The van der Waals surface area contributed by atoms with Gasteiger partial charge in [-0.25, -0.2) is 0 Å². The van der Waals surface area contributed by atoms with E-state index in [-0.39, 0.29) is 0 Å². The Labute approximate surface area is 71.8 Å². The van der Waals surface area contributed by atoms with Crippen molar-refractivity contribution in [3.8, 4) is 6.07 Å². The standard InChI is InChI=1S/C9H12N2O/c1-6(2)9-3-7(5-12-9)8(11)4-10/h3,5-6,8H,11H2,1-2H3. The Morgan fingerprint density at radius 2 is 2.25 bits per heavy atom. The van der Waals surface area contributed by atoms with Crippen LogP contribution in [0.3, 0.4) is 0 Å². The SMILES string of the molecule is CC(C)c1cc(C(N)C#N)co1. The van der Waals surface area contributed by atoms with Gasteiger partial charge in [-0.2, -0.15) is 5.26 Å². The third kappa shape index (κ3) is 1.66. The number of rotatable bonds is 2. The smallest absolute Gasteiger partial charge is 0.121 e. The Morgan fingerprint density at radius 1 is 1.58 bits per heavy atom. The zero-order valence-corrected chi connectivity index (χ0v) is 7.24. The third-order valence-electron chi connectivity index (χ3n) is 1.71. The minimum Gasteiger partial charge on any atom is -0.469 e. The van der Waals surface area contributed by atoms with Gasteiger partial charge in [0.15, 0.2) is 0 Å². The topological polar surface area (TPSA) is 63.0 Å². The van der Waals surface area contributed by atoms with Crippen molar-refractivity contribution in [1.82, 2.24) is 0 Å². The van der Waals surface area contributed by atoms with Crippen molar-refractivity contribution in [2.75, 3.05) is 0 Å². The van der Waals surface area contributed by atoms with Crippen LogP contribution in [-0.4, -0.2) is 0 Å². The molecule has 1 unspecified atom stereocenters. The summed E-state index contributed by atoms with van der Waals surface area (Å²) in [6.45, 7) is 4.06. The van der Waals surface area contributed by atoms with E-state index >= 15 is 0 Å². The molecule has 3 nitrogen and oxygen atoms in total. The maximum atomic E-state index is 8.52. The normalized spacial score (nSPS) is 12.9. The molecule has 0 aliphatic rings. The average Bonchev–Trinajstić information content (AvgIpc) is 2.51. The van der Waals surface area contributed by atoms with Gasteiger partial charge in [-0.05, 0) is 6.07 Å². The summed E-state index contributed by atoms with van der Waals surface area (Å²) < 4.78 is 5.22. The van der Waals surface area contributed by atoms with Gasteiger partial charge in [0.05, 0.1) is 12.3 Å². The summed E-state index contributed by atoms with van der Waals surface area (Å²) in [5.41, 5.74) is 6.24. The van der Waals surface area contributed by atoms with Crippen LogP contribution in [0.25, 0.3) is 0 Å². The third-order valence-corrected chi connectivity index (χ3v) is 1.71. The molecule has 1 rings (SSSR count). The first-order chi connectivity index (χ1) is 5.65. The van der Waals surface area contributed by atoms with E-state index in [2.05, 4.69) is 0 Å². The lowest BCUT2D eigenvalue weighted by Gasteiger charge is -1.96. The first-order valence-electron chi connectivity index (χ1n) is 3.88. The molecular weight excluding hydrogens is 152 g/mol. The number of hydrogen-bond acceptors (Lipinski definition) is 3. The summed E-state index contributed by atoms with van der Waals surface area (Å²) in [5, 5.41) is 8.52. The van der Waals surface area contributed by atoms with Crippen LogP contribution in [0.5, 0.6) is 0 Å². The van der Waals surface area contributed by atoms with Gasteiger partial charge in [-0.1, -0.05) is 13.8 Å². The highest BCUT2D eigenvalue weighted by Crippen LogP contribution is 2.20. The van der Waals surface area contributed by atoms with E-state index < -0.39 is 6.04 Å². The second kappa shape index (κ2) is 3.42. The predicted octanol–water partition coefficient (Wildman–Crippen LogP) is 1.93. The summed E-state index contributed by atoms with van der Waals surface area (Å²) in [5.74, 6) is 1.21. The molecule has 12 heavy (non-hydrogen) atoms. The van der Waals surface area contributed by atoms with E-state index in [4.69, 9.17) is 15.4 Å². The molecule has 0 aromatic carbocycles. The van der Waals surface area contributed by atoms with Crippen LogP contribution >= 0.6 is 0 Å². The van der Waals surface area contributed by atoms with Crippen molar-refractivity contribution < 1.29 is 4.42 Å². The van der Waals surface area contributed by atoms with Gasteiger partial charge in [-0.15, -0.1) is 0 Å². The fraction of sp³-hybridized carbons (Fsp3) is 0.444. The van der Waals surface area contributed by atoms with Gasteiger partial charge in [0.1, 0.15) is 11.8 Å². The molecule has 0 spiro atoms. The number of nitriles is 1. The van der Waals surface area contributed by atoms with Crippen molar-refractivity contribution in [3.05, 3.63) is 23.7 Å². The Hall–Kier alpha value is -1.27. The van der Waals surface area contributed by atoms with Crippen molar-refractivity contribution in [2.45, 2.75) is 25.8 Å². The summed E-state index contributed by atoms with van der Waals surface area (Å²) in [6.07, 6.45) is 1.54. The van der Waals surface area contributed by atoms with Gasteiger partial charge in [0.2, 0.25) is 0 Å². The van der Waals surface area contributed by atoms with Crippen LogP contribution in [0.15, 0.2) is 16.7 Å². The second-order valence-corrected chi connectivity index (χ2v) is 3.04. The fourth-order valence-electron chi connectivity index (χ4n) is 0.909. The quantitative estimate of drug-likeness (QED) is 0.726. The molecule has 0 aliphatic heterocycles. The lowest BCUT2D eigenvalue weighted by atomic mass is 10.1. The molecule has 0 aliphatic carbocycles. The molecule has 0 fully saturated rings. The molecule has 1 atom stereocenters. The second-order valence-electron chi connectivity index (χ2n) is 3.04. The first-order valence-corrected chi connectivity index (χ1v) is 3.88. The predicted molar refractivity (Wildman–Crippen MR) is 45.3 cm³/mol. The van der Waals surface area contributed by atoms with Crippen LogP contribution in [-0.2, 0) is 0 Å². The Kier molecular flexibility index (Phi) is 2.51. The molecule has 0 saturated carbocycles. The van der Waals surface area contributed by atoms with E-state index in [1.54, 1.807) is 6.26 Å². The highest BCUT2D eigenvalue weighted by Gasteiger charge is 2.10. The molecule has 0 radical (unpaired) electrons. The summed E-state index contributed by atoms with van der Waals surface area (Å²) >= 11 is 0. The first kappa shape index (κ1) is 8.82. The van der Waals surface area contributed by atoms with Gasteiger partial charge in [0, 0.05) is 11.5 Å². The summed E-state index contributed by atoms with van der Waals surface area (Å²) in [7, 11) is 0. The molecule has 2 N–H and O–H groups in total. The molecule has 1 heterocycles. The highest BCUT2D eigenvalue weighted by molar-refractivity contribution is 5.22. The zero-order valence-electron chi connectivity index (χ0n) is 7.24. The van der Waals surface area contributed by atoms with Crippen LogP contribution in [0.1, 0.15) is 37.1 Å². The largest absolute Gasteiger partial charge is 0.469 e. The molecule has 1 aromatic rings. The Bertz CT molecular complexity index is 296. The van der Waals surface area contributed by atoms with Gasteiger partial charge < -0.3 is 10.2 Å². The van der Waals surface area contributed by atoms with Gasteiger partial charge in [-0.3, -0.25) is 0 Å². The van der Waals surface area contributed by atoms with Gasteiger partial charge >= 0.3 is 0 Å². The molecule has 0 saturated heterocycles. The minimum absolute atomic E-state index is 0.338. The van der Waals surface area contributed by atoms with Crippen LogP contribution in [0, 0.1) is 11.3 Å². The van der Waals surface area contributed by atoms with E-state index in [1.165, 1.54) is 0 Å². The van der Waals surface area contributed by atoms with Crippen molar-refractivity contribution in [1.29, 1.82) is 5.26 Å². The molecule has 1 aromatic heterocycles. The Balaban J connectivity index is 2.86. The molecule has 0 bridgehead atoms. The molecule has 64 valence electrons. The van der Waals surface area contributed by atoms with Crippen molar-refractivity contribution in [2.24, 2.45) is 5.73 Å². The van der Waals surface area contributed by atoms with E-state index in [1.807, 2.05) is 26.0 Å². The van der Waals surface area contributed by atoms with E-state index in [9.17, 15) is 0 Å². The van der Waals surface area contributed by atoms with E-state index in [0.29, 0.717) is 5.92 Å². The van der Waals surface area contributed by atoms with Crippen LogP contribution in [0.4, 0.5) is 0 Å².